The first-order valence-electron chi connectivity index (χ1n) is 6.40. The monoisotopic (exact) mass is 277 g/mol. The van der Waals surface area contributed by atoms with Crippen LogP contribution in [-0.4, -0.2) is 16.1 Å². The minimum absolute atomic E-state index is 0.0237. The molecule has 0 radical (unpaired) electrons. The van der Waals surface area contributed by atoms with Crippen molar-refractivity contribution in [1.82, 2.24) is 14.9 Å². The maximum Gasteiger partial charge on any atom is 0.253 e. The second-order valence-electron chi connectivity index (χ2n) is 4.63. The van der Waals surface area contributed by atoms with Gasteiger partial charge in [0.05, 0.1) is 0 Å². The third kappa shape index (κ3) is 3.52. The molecule has 0 aliphatic rings. The van der Waals surface area contributed by atoms with Gasteiger partial charge in [-0.1, -0.05) is 6.07 Å². The van der Waals surface area contributed by atoms with Gasteiger partial charge in [-0.3, -0.25) is 9.36 Å². The lowest BCUT2D eigenvalue weighted by atomic mass is 10.3. The highest BCUT2D eigenvalue weighted by molar-refractivity contribution is 7.10. The topological polar surface area (TPSA) is 46.9 Å². The van der Waals surface area contributed by atoms with Crippen molar-refractivity contribution in [2.45, 2.75) is 33.4 Å². The van der Waals surface area contributed by atoms with Crippen LogP contribution in [0, 0.1) is 13.8 Å². The van der Waals surface area contributed by atoms with Crippen LogP contribution in [0.5, 0.6) is 0 Å². The minimum Gasteiger partial charge on any atom is -0.308 e. The summed E-state index contributed by atoms with van der Waals surface area (Å²) < 4.78 is 1.71. The Morgan fingerprint density at radius 2 is 2.26 bits per heavy atom. The van der Waals surface area contributed by atoms with Gasteiger partial charge in [0.15, 0.2) is 0 Å². The molecule has 1 unspecified atom stereocenters. The van der Waals surface area contributed by atoms with Gasteiger partial charge in [-0.2, -0.15) is 0 Å². The van der Waals surface area contributed by atoms with E-state index in [4.69, 9.17) is 0 Å². The average Bonchev–Trinajstić information content (AvgIpc) is 2.85. The van der Waals surface area contributed by atoms with Crippen molar-refractivity contribution in [1.29, 1.82) is 0 Å². The summed E-state index contributed by atoms with van der Waals surface area (Å²) >= 11 is 1.74. The van der Waals surface area contributed by atoms with Gasteiger partial charge in [0.25, 0.3) is 5.56 Å². The molecule has 0 saturated carbocycles. The van der Waals surface area contributed by atoms with Crippen molar-refractivity contribution in [3.63, 3.8) is 0 Å². The summed E-state index contributed by atoms with van der Waals surface area (Å²) in [7, 11) is 0. The molecule has 2 aromatic rings. The van der Waals surface area contributed by atoms with Crippen molar-refractivity contribution in [3.8, 4) is 0 Å². The van der Waals surface area contributed by atoms with Gasteiger partial charge in [0.1, 0.15) is 5.82 Å². The number of aromatic nitrogens is 2. The van der Waals surface area contributed by atoms with E-state index in [0.29, 0.717) is 12.6 Å². The maximum atomic E-state index is 11.9. The lowest BCUT2D eigenvalue weighted by molar-refractivity contribution is 0.518. The number of aryl methyl sites for hydroxylation is 2. The predicted molar refractivity (Wildman–Crippen MR) is 78.7 cm³/mol. The molecule has 1 atom stereocenters. The molecule has 4 nitrogen and oxygen atoms in total. The molecule has 2 heterocycles. The summed E-state index contributed by atoms with van der Waals surface area (Å²) in [6.07, 6.45) is 0. The Hall–Kier alpha value is -1.46. The largest absolute Gasteiger partial charge is 0.308 e. The quantitative estimate of drug-likeness (QED) is 0.912. The summed E-state index contributed by atoms with van der Waals surface area (Å²) in [6, 6.07) is 6.06. The van der Waals surface area contributed by atoms with E-state index in [1.807, 2.05) is 13.8 Å². The highest BCUT2D eigenvalue weighted by Gasteiger charge is 2.06. The molecule has 0 amide bonds. The van der Waals surface area contributed by atoms with Crippen LogP contribution in [0.15, 0.2) is 28.4 Å². The fourth-order valence-corrected chi connectivity index (χ4v) is 2.83. The van der Waals surface area contributed by atoms with Gasteiger partial charge >= 0.3 is 0 Å². The van der Waals surface area contributed by atoms with E-state index in [1.165, 1.54) is 4.88 Å². The number of rotatable bonds is 5. The molecule has 0 bridgehead atoms. The van der Waals surface area contributed by atoms with Crippen molar-refractivity contribution in [2.75, 3.05) is 6.54 Å². The van der Waals surface area contributed by atoms with E-state index in [1.54, 1.807) is 22.0 Å². The van der Waals surface area contributed by atoms with Crippen molar-refractivity contribution >= 4 is 11.3 Å². The van der Waals surface area contributed by atoms with E-state index in [9.17, 15) is 4.79 Å². The molecular formula is C14H19N3OS. The molecule has 0 aliphatic heterocycles. The Kier molecular flexibility index (Phi) is 4.50. The predicted octanol–water partition coefficient (Wildman–Crippen LogP) is 2.27. The molecule has 5 heteroatoms. The Balaban J connectivity index is 1.95. The molecule has 0 aromatic carbocycles. The molecule has 0 fully saturated rings. The molecule has 19 heavy (non-hydrogen) atoms. The summed E-state index contributed by atoms with van der Waals surface area (Å²) in [6.45, 7) is 7.25. The Labute approximate surface area is 117 Å². The Bertz CT molecular complexity index is 589. The minimum atomic E-state index is 0.0237. The van der Waals surface area contributed by atoms with E-state index >= 15 is 0 Å². The highest BCUT2D eigenvalue weighted by atomic mass is 32.1. The van der Waals surface area contributed by atoms with Gasteiger partial charge in [-0.05, 0) is 32.2 Å². The lowest BCUT2D eigenvalue weighted by Gasteiger charge is -2.14. The van der Waals surface area contributed by atoms with E-state index in [-0.39, 0.29) is 5.56 Å². The lowest BCUT2D eigenvalue weighted by Crippen LogP contribution is -2.30. The van der Waals surface area contributed by atoms with E-state index < -0.39 is 0 Å². The third-order valence-corrected chi connectivity index (χ3v) is 4.14. The molecule has 1 N–H and O–H groups in total. The SMILES string of the molecule is Cc1cc(=O)n(CCNC(C)c2cccs2)c(C)n1. The number of nitrogens with zero attached hydrogens (tertiary/aromatic N) is 2. The van der Waals surface area contributed by atoms with Crippen LogP contribution in [0.4, 0.5) is 0 Å². The molecule has 2 rings (SSSR count). The zero-order chi connectivity index (χ0) is 13.8. The van der Waals surface area contributed by atoms with Gasteiger partial charge < -0.3 is 5.32 Å². The van der Waals surface area contributed by atoms with Crippen molar-refractivity contribution in [3.05, 3.63) is 50.3 Å². The first-order chi connectivity index (χ1) is 9.08. The number of hydrogen-bond donors (Lipinski definition) is 1. The van der Waals surface area contributed by atoms with Gasteiger partial charge in [0.2, 0.25) is 0 Å². The summed E-state index contributed by atoms with van der Waals surface area (Å²) in [5.74, 6) is 0.774. The molecule has 0 spiro atoms. The van der Waals surface area contributed by atoms with Crippen LogP contribution in [-0.2, 0) is 6.54 Å². The normalized spacial score (nSPS) is 12.6. The molecular weight excluding hydrogens is 258 g/mol. The molecule has 0 aliphatic carbocycles. The van der Waals surface area contributed by atoms with Gasteiger partial charge in [-0.25, -0.2) is 4.98 Å². The number of nitrogens with one attached hydrogen (secondary N) is 1. The number of hydrogen-bond acceptors (Lipinski definition) is 4. The van der Waals surface area contributed by atoms with Crippen LogP contribution in [0.3, 0.4) is 0 Å². The van der Waals surface area contributed by atoms with Gasteiger partial charge in [0, 0.05) is 35.8 Å². The van der Waals surface area contributed by atoms with E-state index in [2.05, 4.69) is 34.7 Å². The Morgan fingerprint density at radius 1 is 1.47 bits per heavy atom. The molecule has 2 aromatic heterocycles. The van der Waals surface area contributed by atoms with E-state index in [0.717, 1.165) is 18.1 Å². The second-order valence-corrected chi connectivity index (χ2v) is 5.61. The fourth-order valence-electron chi connectivity index (χ4n) is 2.07. The molecule has 102 valence electrons. The zero-order valence-electron chi connectivity index (χ0n) is 11.5. The van der Waals surface area contributed by atoms with Crippen LogP contribution < -0.4 is 10.9 Å². The first kappa shape index (κ1) is 14.0. The second kappa shape index (κ2) is 6.12. The summed E-state index contributed by atoms with van der Waals surface area (Å²) in [5, 5.41) is 5.50. The van der Waals surface area contributed by atoms with Crippen LogP contribution >= 0.6 is 11.3 Å². The smallest absolute Gasteiger partial charge is 0.253 e. The summed E-state index contributed by atoms with van der Waals surface area (Å²) in [4.78, 5) is 17.5. The maximum absolute atomic E-state index is 11.9. The van der Waals surface area contributed by atoms with Crippen molar-refractivity contribution in [2.24, 2.45) is 0 Å². The standard InChI is InChI=1S/C14H19N3OS/c1-10-9-14(18)17(12(3)16-10)7-6-15-11(2)13-5-4-8-19-13/h4-5,8-9,11,15H,6-7H2,1-3H3. The third-order valence-electron chi connectivity index (χ3n) is 3.08. The highest BCUT2D eigenvalue weighted by Crippen LogP contribution is 2.17. The zero-order valence-corrected chi connectivity index (χ0v) is 12.3. The Morgan fingerprint density at radius 3 is 2.89 bits per heavy atom. The van der Waals surface area contributed by atoms with Crippen molar-refractivity contribution < 1.29 is 0 Å². The first-order valence-corrected chi connectivity index (χ1v) is 7.28. The van der Waals surface area contributed by atoms with Gasteiger partial charge in [-0.15, -0.1) is 11.3 Å². The fraction of sp³-hybridized carbons (Fsp3) is 0.429. The summed E-state index contributed by atoms with van der Waals surface area (Å²) in [5.41, 5.74) is 0.800. The van der Waals surface area contributed by atoms with Crippen LogP contribution in [0.1, 0.15) is 29.4 Å². The number of thiophene rings is 1. The average molecular weight is 277 g/mol. The van der Waals surface area contributed by atoms with Crippen LogP contribution in [0.25, 0.3) is 0 Å². The molecule has 0 saturated heterocycles. The van der Waals surface area contributed by atoms with Crippen LogP contribution in [0.2, 0.25) is 0 Å².